The number of rotatable bonds is 4. The first-order chi connectivity index (χ1) is 8.30. The van der Waals surface area contributed by atoms with E-state index in [4.69, 9.17) is 5.84 Å². The highest BCUT2D eigenvalue weighted by Gasteiger charge is 2.18. The molecule has 5 heteroatoms. The second-order valence-corrected chi connectivity index (χ2v) is 4.32. The molecule has 1 aromatic heterocycles. The van der Waals surface area contributed by atoms with Crippen molar-refractivity contribution in [2.45, 2.75) is 39.5 Å². The zero-order valence-electron chi connectivity index (χ0n) is 10.7. The first kappa shape index (κ1) is 12.1. The molecular weight excluding hydrogens is 214 g/mol. The molecule has 0 amide bonds. The van der Waals surface area contributed by atoms with Gasteiger partial charge in [-0.2, -0.15) is 4.98 Å². The smallest absolute Gasteiger partial charge is 0.227 e. The van der Waals surface area contributed by atoms with Crippen molar-refractivity contribution in [1.29, 1.82) is 0 Å². The van der Waals surface area contributed by atoms with Gasteiger partial charge in [0.1, 0.15) is 5.82 Å². The van der Waals surface area contributed by atoms with Crippen LogP contribution >= 0.6 is 0 Å². The van der Waals surface area contributed by atoms with Crippen molar-refractivity contribution >= 4 is 11.8 Å². The average molecular weight is 235 g/mol. The molecule has 0 saturated heterocycles. The molecule has 0 bridgehead atoms. The number of nitrogen functional groups attached to an aromatic ring is 1. The van der Waals surface area contributed by atoms with Gasteiger partial charge >= 0.3 is 0 Å². The SMILES string of the molecule is CCN(CC)c1nc2c(c(NN)n1)CCCC2. The quantitative estimate of drug-likeness (QED) is 0.611. The number of hydrazine groups is 1. The molecule has 0 radical (unpaired) electrons. The van der Waals surface area contributed by atoms with Crippen molar-refractivity contribution in [2.24, 2.45) is 5.84 Å². The van der Waals surface area contributed by atoms with Crippen LogP contribution in [-0.2, 0) is 12.8 Å². The van der Waals surface area contributed by atoms with E-state index in [9.17, 15) is 0 Å². The third-order valence-corrected chi connectivity index (χ3v) is 3.35. The monoisotopic (exact) mass is 235 g/mol. The summed E-state index contributed by atoms with van der Waals surface area (Å²) < 4.78 is 0. The van der Waals surface area contributed by atoms with Crippen LogP contribution in [0.2, 0.25) is 0 Å². The fourth-order valence-corrected chi connectivity index (χ4v) is 2.35. The van der Waals surface area contributed by atoms with Crippen LogP contribution in [0, 0.1) is 0 Å². The topological polar surface area (TPSA) is 67.1 Å². The number of hydrogen-bond acceptors (Lipinski definition) is 5. The van der Waals surface area contributed by atoms with E-state index < -0.39 is 0 Å². The Kier molecular flexibility index (Phi) is 3.78. The second kappa shape index (κ2) is 5.31. The number of hydrogen-bond donors (Lipinski definition) is 2. The van der Waals surface area contributed by atoms with Crippen LogP contribution < -0.4 is 16.2 Å². The van der Waals surface area contributed by atoms with E-state index in [1.165, 1.54) is 24.1 Å². The van der Waals surface area contributed by atoms with Gasteiger partial charge in [-0.1, -0.05) is 0 Å². The largest absolute Gasteiger partial charge is 0.341 e. The summed E-state index contributed by atoms with van der Waals surface area (Å²) in [5.41, 5.74) is 5.09. The van der Waals surface area contributed by atoms with Gasteiger partial charge in [0, 0.05) is 18.7 Å². The van der Waals surface area contributed by atoms with Gasteiger partial charge in [-0.3, -0.25) is 0 Å². The first-order valence-electron chi connectivity index (χ1n) is 6.41. The first-order valence-corrected chi connectivity index (χ1v) is 6.41. The van der Waals surface area contributed by atoms with Gasteiger partial charge in [0.05, 0.1) is 5.69 Å². The van der Waals surface area contributed by atoms with Crippen LogP contribution in [0.15, 0.2) is 0 Å². The summed E-state index contributed by atoms with van der Waals surface area (Å²) in [6.07, 6.45) is 4.50. The molecule has 5 nitrogen and oxygen atoms in total. The van der Waals surface area contributed by atoms with Gasteiger partial charge in [0.25, 0.3) is 0 Å². The maximum Gasteiger partial charge on any atom is 0.227 e. The normalized spacial score (nSPS) is 14.3. The molecule has 0 saturated carbocycles. The van der Waals surface area contributed by atoms with Crippen LogP contribution in [0.25, 0.3) is 0 Å². The van der Waals surface area contributed by atoms with E-state index in [1.54, 1.807) is 0 Å². The van der Waals surface area contributed by atoms with Crippen molar-refractivity contribution in [3.8, 4) is 0 Å². The summed E-state index contributed by atoms with van der Waals surface area (Å²) in [5.74, 6) is 7.16. The number of nitrogens with zero attached hydrogens (tertiary/aromatic N) is 3. The lowest BCUT2D eigenvalue weighted by molar-refractivity contribution is 0.659. The number of aromatic nitrogens is 2. The van der Waals surface area contributed by atoms with Gasteiger partial charge in [-0.15, -0.1) is 0 Å². The summed E-state index contributed by atoms with van der Waals surface area (Å²) in [4.78, 5) is 11.4. The van der Waals surface area contributed by atoms with Crippen molar-refractivity contribution in [2.75, 3.05) is 23.4 Å². The zero-order chi connectivity index (χ0) is 12.3. The predicted molar refractivity (Wildman–Crippen MR) is 70.0 cm³/mol. The zero-order valence-corrected chi connectivity index (χ0v) is 10.7. The molecule has 0 atom stereocenters. The summed E-state index contributed by atoms with van der Waals surface area (Å²) in [6.45, 7) is 6.06. The molecular formula is C12H21N5. The Labute approximate surface area is 102 Å². The number of nitrogens with one attached hydrogen (secondary N) is 1. The molecule has 3 N–H and O–H groups in total. The van der Waals surface area contributed by atoms with E-state index in [1.807, 2.05) is 0 Å². The third-order valence-electron chi connectivity index (χ3n) is 3.35. The van der Waals surface area contributed by atoms with Gasteiger partial charge in [0.2, 0.25) is 5.95 Å². The molecule has 17 heavy (non-hydrogen) atoms. The molecule has 0 unspecified atom stereocenters. The van der Waals surface area contributed by atoms with Crippen molar-refractivity contribution in [3.63, 3.8) is 0 Å². The Morgan fingerprint density at radius 3 is 2.53 bits per heavy atom. The Bertz CT molecular complexity index is 369. The van der Waals surface area contributed by atoms with Crippen molar-refractivity contribution in [1.82, 2.24) is 9.97 Å². The summed E-state index contributed by atoms with van der Waals surface area (Å²) >= 11 is 0. The van der Waals surface area contributed by atoms with Crippen molar-refractivity contribution in [3.05, 3.63) is 11.3 Å². The molecule has 2 rings (SSSR count). The molecule has 94 valence electrons. The van der Waals surface area contributed by atoms with Crippen LogP contribution in [0.5, 0.6) is 0 Å². The summed E-state index contributed by atoms with van der Waals surface area (Å²) in [6, 6.07) is 0. The van der Waals surface area contributed by atoms with Gasteiger partial charge in [-0.25, -0.2) is 10.8 Å². The van der Waals surface area contributed by atoms with Gasteiger partial charge < -0.3 is 10.3 Å². The van der Waals surface area contributed by atoms with Crippen molar-refractivity contribution < 1.29 is 0 Å². The minimum atomic E-state index is 0.795. The summed E-state index contributed by atoms with van der Waals surface area (Å²) in [5, 5.41) is 0. The average Bonchev–Trinajstić information content (AvgIpc) is 2.39. The highest BCUT2D eigenvalue weighted by molar-refractivity contribution is 5.51. The van der Waals surface area contributed by atoms with E-state index in [-0.39, 0.29) is 0 Å². The maximum absolute atomic E-state index is 5.57. The van der Waals surface area contributed by atoms with Crippen LogP contribution in [0.3, 0.4) is 0 Å². The fourth-order valence-electron chi connectivity index (χ4n) is 2.35. The standard InChI is InChI=1S/C12H21N5/c1-3-17(4-2)12-14-10-8-6-5-7-9(10)11(15-12)16-13/h3-8,13H2,1-2H3,(H,14,15,16). The van der Waals surface area contributed by atoms with Crippen LogP contribution in [0.4, 0.5) is 11.8 Å². The number of aryl methyl sites for hydroxylation is 1. The lowest BCUT2D eigenvalue weighted by Crippen LogP contribution is -2.27. The number of anilines is 2. The highest BCUT2D eigenvalue weighted by atomic mass is 15.3. The maximum atomic E-state index is 5.57. The molecule has 0 aromatic carbocycles. The van der Waals surface area contributed by atoms with E-state index in [0.717, 1.165) is 37.7 Å². The molecule has 0 spiro atoms. The van der Waals surface area contributed by atoms with E-state index in [0.29, 0.717) is 0 Å². The minimum Gasteiger partial charge on any atom is -0.341 e. The summed E-state index contributed by atoms with van der Waals surface area (Å²) in [7, 11) is 0. The molecule has 1 aliphatic rings. The molecule has 1 aliphatic carbocycles. The molecule has 0 aliphatic heterocycles. The predicted octanol–water partition coefficient (Wildman–Crippen LogP) is 1.49. The van der Waals surface area contributed by atoms with Crippen LogP contribution in [0.1, 0.15) is 37.9 Å². The van der Waals surface area contributed by atoms with Gasteiger partial charge in [-0.05, 0) is 39.5 Å². The lowest BCUT2D eigenvalue weighted by atomic mass is 9.96. The number of nitrogens with two attached hydrogens (primary N) is 1. The van der Waals surface area contributed by atoms with Crippen LogP contribution in [-0.4, -0.2) is 23.1 Å². The van der Waals surface area contributed by atoms with E-state index in [2.05, 4.69) is 34.1 Å². The van der Waals surface area contributed by atoms with E-state index >= 15 is 0 Å². The Morgan fingerprint density at radius 2 is 1.88 bits per heavy atom. The molecule has 1 aromatic rings. The minimum absolute atomic E-state index is 0.795. The fraction of sp³-hybridized carbons (Fsp3) is 0.667. The molecule has 1 heterocycles. The Hall–Kier alpha value is -1.36. The number of fused-ring (bicyclic) bond motifs is 1. The molecule has 0 fully saturated rings. The highest BCUT2D eigenvalue weighted by Crippen LogP contribution is 2.26. The Balaban J connectivity index is 2.42. The van der Waals surface area contributed by atoms with Gasteiger partial charge in [0.15, 0.2) is 0 Å². The second-order valence-electron chi connectivity index (χ2n) is 4.32. The lowest BCUT2D eigenvalue weighted by Gasteiger charge is -2.23. The Morgan fingerprint density at radius 1 is 1.18 bits per heavy atom. The third kappa shape index (κ3) is 2.34.